The molecule has 0 saturated heterocycles. The third-order valence-corrected chi connectivity index (χ3v) is 2.54. The summed E-state index contributed by atoms with van der Waals surface area (Å²) in [6, 6.07) is 7.45. The Morgan fingerprint density at radius 2 is 2.05 bits per heavy atom. The van der Waals surface area contributed by atoms with E-state index in [0.717, 1.165) is 17.7 Å². The van der Waals surface area contributed by atoms with Gasteiger partial charge < -0.3 is 19.9 Å². The average Bonchev–Trinajstić information content (AvgIpc) is 2.49. The number of hydrogen-bond donors (Lipinski definition) is 2. The summed E-state index contributed by atoms with van der Waals surface area (Å²) in [6.45, 7) is 1.45. The van der Waals surface area contributed by atoms with Crippen LogP contribution in [0, 0.1) is 0 Å². The van der Waals surface area contributed by atoms with Gasteiger partial charge in [-0.3, -0.25) is 4.79 Å². The van der Waals surface area contributed by atoms with Crippen molar-refractivity contribution in [3.05, 3.63) is 35.9 Å². The molecule has 1 aromatic rings. The monoisotopic (exact) mass is 279 g/mol. The second-order valence-electron chi connectivity index (χ2n) is 4.09. The smallest absolute Gasteiger partial charge is 0.244 e. The predicted octanol–water partition coefficient (Wildman–Crippen LogP) is 1.22. The highest BCUT2D eigenvalue weighted by molar-refractivity contribution is 5.91. The lowest BCUT2D eigenvalue weighted by Crippen LogP contribution is -2.23. The maximum atomic E-state index is 11.5. The van der Waals surface area contributed by atoms with Crippen LogP contribution in [0.2, 0.25) is 0 Å². The highest BCUT2D eigenvalue weighted by Crippen LogP contribution is 2.12. The Hall–Kier alpha value is -1.85. The lowest BCUT2D eigenvalue weighted by atomic mass is 10.2. The van der Waals surface area contributed by atoms with Gasteiger partial charge in [-0.1, -0.05) is 12.1 Å². The Labute approximate surface area is 119 Å². The fraction of sp³-hybridized carbons (Fsp3) is 0.400. The van der Waals surface area contributed by atoms with Crippen LogP contribution in [0.1, 0.15) is 12.0 Å². The van der Waals surface area contributed by atoms with Crippen molar-refractivity contribution in [2.24, 2.45) is 0 Å². The predicted molar refractivity (Wildman–Crippen MR) is 77.6 cm³/mol. The van der Waals surface area contributed by atoms with Crippen LogP contribution in [0.5, 0.6) is 5.75 Å². The molecule has 5 heteroatoms. The first-order valence-corrected chi connectivity index (χ1v) is 6.55. The molecule has 2 N–H and O–H groups in total. The molecule has 0 fully saturated rings. The first-order valence-electron chi connectivity index (χ1n) is 6.55. The molecule has 1 rings (SSSR count). The van der Waals surface area contributed by atoms with E-state index in [1.54, 1.807) is 13.2 Å². The molecule has 0 aliphatic heterocycles. The summed E-state index contributed by atoms with van der Waals surface area (Å²) < 4.78 is 10.1. The molecular formula is C15H21NO4. The number of ether oxygens (including phenoxy) is 2. The van der Waals surface area contributed by atoms with Gasteiger partial charge in [0.05, 0.1) is 20.3 Å². The van der Waals surface area contributed by atoms with E-state index in [2.05, 4.69) is 5.32 Å². The molecule has 1 aromatic carbocycles. The molecule has 0 atom stereocenters. The highest BCUT2D eigenvalue weighted by atomic mass is 16.5. The maximum absolute atomic E-state index is 11.5. The van der Waals surface area contributed by atoms with Crippen molar-refractivity contribution >= 4 is 12.0 Å². The number of aliphatic hydroxyl groups is 1. The number of carbonyl (C=O) groups is 1. The fourth-order valence-electron chi connectivity index (χ4n) is 1.50. The van der Waals surface area contributed by atoms with Crippen molar-refractivity contribution in [3.63, 3.8) is 0 Å². The van der Waals surface area contributed by atoms with Crippen molar-refractivity contribution in [1.82, 2.24) is 5.32 Å². The number of methoxy groups -OCH3 is 1. The number of rotatable bonds is 9. The molecular weight excluding hydrogens is 258 g/mol. The molecule has 0 radical (unpaired) electrons. The number of carbonyl (C=O) groups excluding carboxylic acids is 1. The van der Waals surface area contributed by atoms with E-state index in [0.29, 0.717) is 19.8 Å². The number of nitrogens with one attached hydrogen (secondary N) is 1. The van der Waals surface area contributed by atoms with E-state index in [-0.39, 0.29) is 12.5 Å². The van der Waals surface area contributed by atoms with Gasteiger partial charge in [-0.25, -0.2) is 0 Å². The van der Waals surface area contributed by atoms with Crippen LogP contribution in [0.4, 0.5) is 0 Å². The highest BCUT2D eigenvalue weighted by Gasteiger charge is 1.95. The third-order valence-electron chi connectivity index (χ3n) is 2.54. The molecule has 0 saturated carbocycles. The summed E-state index contributed by atoms with van der Waals surface area (Å²) in [5.41, 5.74) is 0.937. The minimum absolute atomic E-state index is 0.0248. The molecule has 1 amide bonds. The lowest BCUT2D eigenvalue weighted by molar-refractivity contribution is -0.116. The van der Waals surface area contributed by atoms with Crippen molar-refractivity contribution in [2.75, 3.05) is 33.5 Å². The maximum Gasteiger partial charge on any atom is 0.244 e. The Kier molecular flexibility index (Phi) is 8.10. The largest absolute Gasteiger partial charge is 0.497 e. The summed E-state index contributed by atoms with van der Waals surface area (Å²) >= 11 is 0. The van der Waals surface area contributed by atoms with Crippen LogP contribution in [-0.2, 0) is 9.53 Å². The van der Waals surface area contributed by atoms with E-state index in [1.807, 2.05) is 24.3 Å². The van der Waals surface area contributed by atoms with Crippen molar-refractivity contribution in [2.45, 2.75) is 6.42 Å². The van der Waals surface area contributed by atoms with Crippen LogP contribution >= 0.6 is 0 Å². The standard InChI is InChI=1S/C15H21NO4/c1-19-14-6-3-13(4-7-14)5-8-15(18)16-9-2-11-20-12-10-17/h3-8,17H,2,9-12H2,1H3,(H,16,18)/b8-5+. The van der Waals surface area contributed by atoms with Crippen LogP contribution in [-0.4, -0.2) is 44.5 Å². The second kappa shape index (κ2) is 10.00. The molecule has 20 heavy (non-hydrogen) atoms. The summed E-state index contributed by atoms with van der Waals surface area (Å²) in [5.74, 6) is 0.650. The van der Waals surface area contributed by atoms with Crippen molar-refractivity contribution in [1.29, 1.82) is 0 Å². The third kappa shape index (κ3) is 6.92. The normalized spacial score (nSPS) is 10.7. The van der Waals surface area contributed by atoms with Crippen molar-refractivity contribution in [3.8, 4) is 5.75 Å². The molecule has 0 aliphatic carbocycles. The lowest BCUT2D eigenvalue weighted by Gasteiger charge is -2.03. The Balaban J connectivity index is 2.22. The minimum atomic E-state index is -0.136. The number of amides is 1. The summed E-state index contributed by atoms with van der Waals surface area (Å²) in [4.78, 5) is 11.5. The Bertz CT molecular complexity index is 414. The van der Waals surface area contributed by atoms with Gasteiger partial charge in [0.25, 0.3) is 0 Å². The van der Waals surface area contributed by atoms with Gasteiger partial charge in [-0.05, 0) is 30.2 Å². The first-order chi connectivity index (χ1) is 9.76. The molecule has 0 aliphatic rings. The van der Waals surface area contributed by atoms with Crippen LogP contribution in [0.3, 0.4) is 0 Å². The zero-order valence-electron chi connectivity index (χ0n) is 11.7. The number of hydrogen-bond acceptors (Lipinski definition) is 4. The Morgan fingerprint density at radius 1 is 1.30 bits per heavy atom. The zero-order chi connectivity index (χ0) is 14.6. The molecule has 0 unspecified atom stereocenters. The van der Waals surface area contributed by atoms with Gasteiger partial charge in [-0.15, -0.1) is 0 Å². The average molecular weight is 279 g/mol. The van der Waals surface area contributed by atoms with Gasteiger partial charge in [-0.2, -0.15) is 0 Å². The van der Waals surface area contributed by atoms with Gasteiger partial charge in [0, 0.05) is 19.2 Å². The first kappa shape index (κ1) is 16.2. The Morgan fingerprint density at radius 3 is 2.70 bits per heavy atom. The molecule has 0 bridgehead atoms. The van der Waals surface area contributed by atoms with Crippen molar-refractivity contribution < 1.29 is 19.4 Å². The van der Waals surface area contributed by atoms with Crippen LogP contribution in [0.15, 0.2) is 30.3 Å². The molecule has 0 spiro atoms. The van der Waals surface area contributed by atoms with Gasteiger partial charge in [0.2, 0.25) is 5.91 Å². The van der Waals surface area contributed by atoms with E-state index in [1.165, 1.54) is 6.08 Å². The number of benzene rings is 1. The van der Waals surface area contributed by atoms with E-state index < -0.39 is 0 Å². The molecule has 0 heterocycles. The minimum Gasteiger partial charge on any atom is -0.497 e. The summed E-state index contributed by atoms with van der Waals surface area (Å²) in [6.07, 6.45) is 3.97. The van der Waals surface area contributed by atoms with Gasteiger partial charge >= 0.3 is 0 Å². The number of aliphatic hydroxyl groups excluding tert-OH is 1. The zero-order valence-corrected chi connectivity index (χ0v) is 11.7. The van der Waals surface area contributed by atoms with E-state index in [9.17, 15) is 4.79 Å². The fourth-order valence-corrected chi connectivity index (χ4v) is 1.50. The second-order valence-corrected chi connectivity index (χ2v) is 4.09. The van der Waals surface area contributed by atoms with Gasteiger partial charge in [0.15, 0.2) is 0 Å². The molecule has 110 valence electrons. The van der Waals surface area contributed by atoms with E-state index >= 15 is 0 Å². The van der Waals surface area contributed by atoms with Crippen LogP contribution < -0.4 is 10.1 Å². The van der Waals surface area contributed by atoms with Crippen LogP contribution in [0.25, 0.3) is 6.08 Å². The topological polar surface area (TPSA) is 67.8 Å². The summed E-state index contributed by atoms with van der Waals surface area (Å²) in [7, 11) is 1.61. The van der Waals surface area contributed by atoms with Gasteiger partial charge in [0.1, 0.15) is 5.75 Å². The van der Waals surface area contributed by atoms with E-state index in [4.69, 9.17) is 14.6 Å². The molecule has 0 aromatic heterocycles. The summed E-state index contributed by atoms with van der Waals surface area (Å²) in [5, 5.41) is 11.3. The molecule has 5 nitrogen and oxygen atoms in total. The quantitative estimate of drug-likeness (QED) is 0.527. The SMILES string of the molecule is COc1ccc(/C=C/C(=O)NCCCOCCO)cc1.